The van der Waals surface area contributed by atoms with Gasteiger partial charge < -0.3 is 11.5 Å². The van der Waals surface area contributed by atoms with Gasteiger partial charge in [-0.3, -0.25) is 0 Å². The average molecular weight is 280 g/mol. The molecule has 1 aromatic rings. The highest BCUT2D eigenvalue weighted by molar-refractivity contribution is 5.85. The van der Waals surface area contributed by atoms with Crippen molar-refractivity contribution in [2.75, 3.05) is 5.73 Å². The van der Waals surface area contributed by atoms with E-state index < -0.39 is 11.6 Å². The van der Waals surface area contributed by atoms with Crippen LogP contribution >= 0.6 is 0 Å². The van der Waals surface area contributed by atoms with Crippen LogP contribution in [0.3, 0.4) is 0 Å². The quantitative estimate of drug-likeness (QED) is 0.715. The molecule has 0 heterocycles. The summed E-state index contributed by atoms with van der Waals surface area (Å²) in [4.78, 5) is 0. The zero-order valence-electron chi connectivity index (χ0n) is 11.0. The molecule has 5 heteroatoms. The highest BCUT2D eigenvalue weighted by Gasteiger charge is 2.58. The fourth-order valence-corrected chi connectivity index (χ4v) is 3.16. The predicted molar refractivity (Wildman–Crippen MR) is 72.7 cm³/mol. The van der Waals surface area contributed by atoms with Crippen LogP contribution in [0.15, 0.2) is 35.5 Å². The van der Waals surface area contributed by atoms with Gasteiger partial charge in [-0.15, -0.1) is 0 Å². The number of alkyl halides is 3. The zero-order valence-corrected chi connectivity index (χ0v) is 11.0. The fraction of sp³-hybridized carbons (Fsp3) is 0.333. The summed E-state index contributed by atoms with van der Waals surface area (Å²) in [5.41, 5.74) is 12.2. The van der Waals surface area contributed by atoms with Crippen LogP contribution in [0.5, 0.6) is 0 Å². The van der Waals surface area contributed by atoms with Crippen LogP contribution in [0.2, 0.25) is 0 Å². The molecule has 1 aromatic carbocycles. The van der Waals surface area contributed by atoms with E-state index in [1.807, 2.05) is 0 Å². The van der Waals surface area contributed by atoms with Crippen molar-refractivity contribution in [3.63, 3.8) is 0 Å². The molecular formula is C15H15F3N2. The lowest BCUT2D eigenvalue weighted by molar-refractivity contribution is -0.172. The molecule has 0 saturated heterocycles. The summed E-state index contributed by atoms with van der Waals surface area (Å²) in [5, 5.41) is 0. The number of hydrogen-bond acceptors (Lipinski definition) is 2. The third kappa shape index (κ3) is 1.52. The first-order chi connectivity index (χ1) is 9.25. The largest absolute Gasteiger partial charge is 0.402 e. The van der Waals surface area contributed by atoms with E-state index in [-0.39, 0.29) is 11.1 Å². The van der Waals surface area contributed by atoms with E-state index >= 15 is 0 Å². The lowest BCUT2D eigenvalue weighted by Crippen LogP contribution is -2.40. The Balaban J connectivity index is 2.34. The summed E-state index contributed by atoms with van der Waals surface area (Å²) >= 11 is 0. The standard InChI is InChI=1S/C15H15F3N2/c1-14(15(16,17)18)12-6-8(19)2-4-10(12)11-5-3-9(20)7-13(11)14/h2,4,6-7H,3,5,19-20H2,1H3. The molecular weight excluding hydrogens is 265 g/mol. The van der Waals surface area contributed by atoms with E-state index in [2.05, 4.69) is 0 Å². The summed E-state index contributed by atoms with van der Waals surface area (Å²) in [6.45, 7) is 1.21. The molecule has 0 aliphatic heterocycles. The number of nitrogen functional groups attached to an aromatic ring is 1. The monoisotopic (exact) mass is 280 g/mol. The molecule has 1 atom stereocenters. The smallest absolute Gasteiger partial charge is 0.402 e. The first kappa shape index (κ1) is 13.1. The topological polar surface area (TPSA) is 52.0 Å². The first-order valence-electron chi connectivity index (χ1n) is 6.42. The third-order valence-corrected chi connectivity index (χ3v) is 4.33. The molecule has 0 radical (unpaired) electrons. The van der Waals surface area contributed by atoms with Gasteiger partial charge in [-0.05, 0) is 60.2 Å². The van der Waals surface area contributed by atoms with Crippen molar-refractivity contribution in [1.82, 2.24) is 0 Å². The Morgan fingerprint density at radius 3 is 2.50 bits per heavy atom. The van der Waals surface area contributed by atoms with Crippen LogP contribution in [0.4, 0.5) is 18.9 Å². The summed E-state index contributed by atoms with van der Waals surface area (Å²) in [5.74, 6) is 0. The van der Waals surface area contributed by atoms with E-state index in [0.29, 0.717) is 29.8 Å². The van der Waals surface area contributed by atoms with Gasteiger partial charge in [0.25, 0.3) is 0 Å². The minimum Gasteiger partial charge on any atom is -0.402 e. The number of allylic oxidation sites excluding steroid dienone is 4. The Morgan fingerprint density at radius 1 is 1.15 bits per heavy atom. The molecule has 1 unspecified atom stereocenters. The van der Waals surface area contributed by atoms with Gasteiger partial charge in [0.1, 0.15) is 5.41 Å². The molecule has 4 N–H and O–H groups in total. The van der Waals surface area contributed by atoms with Gasteiger partial charge in [0, 0.05) is 11.4 Å². The summed E-state index contributed by atoms with van der Waals surface area (Å²) in [6, 6.07) is 4.77. The normalized spacial score (nSPS) is 25.3. The van der Waals surface area contributed by atoms with Gasteiger partial charge in [0.05, 0.1) is 0 Å². The van der Waals surface area contributed by atoms with E-state index in [0.717, 1.165) is 5.57 Å². The second-order valence-corrected chi connectivity index (χ2v) is 5.54. The van der Waals surface area contributed by atoms with Crippen LogP contribution < -0.4 is 11.5 Å². The molecule has 0 bridgehead atoms. The minimum atomic E-state index is -4.39. The van der Waals surface area contributed by atoms with Gasteiger partial charge in [-0.2, -0.15) is 13.2 Å². The van der Waals surface area contributed by atoms with Gasteiger partial charge in [-0.1, -0.05) is 6.07 Å². The molecule has 0 amide bonds. The van der Waals surface area contributed by atoms with Crippen LogP contribution in [0.25, 0.3) is 5.57 Å². The van der Waals surface area contributed by atoms with Crippen LogP contribution in [0.1, 0.15) is 30.9 Å². The van der Waals surface area contributed by atoms with Crippen molar-refractivity contribution in [1.29, 1.82) is 0 Å². The molecule has 106 valence electrons. The number of halogens is 3. The Morgan fingerprint density at radius 2 is 1.85 bits per heavy atom. The van der Waals surface area contributed by atoms with E-state index in [1.165, 1.54) is 19.1 Å². The highest BCUT2D eigenvalue weighted by Crippen LogP contribution is 2.57. The second kappa shape index (κ2) is 3.81. The minimum absolute atomic E-state index is 0.237. The lowest BCUT2D eigenvalue weighted by Gasteiger charge is -2.32. The molecule has 0 fully saturated rings. The number of anilines is 1. The summed E-state index contributed by atoms with van der Waals surface area (Å²) in [6.07, 6.45) is -1.76. The number of fused-ring (bicyclic) bond motifs is 2. The van der Waals surface area contributed by atoms with Gasteiger partial charge in [0.2, 0.25) is 0 Å². The Kier molecular flexibility index (Phi) is 2.49. The highest BCUT2D eigenvalue weighted by atomic mass is 19.4. The molecule has 0 saturated carbocycles. The number of hydrogen-bond donors (Lipinski definition) is 2. The van der Waals surface area contributed by atoms with Crippen molar-refractivity contribution in [2.45, 2.75) is 31.4 Å². The molecule has 0 aromatic heterocycles. The SMILES string of the molecule is CC1(C(F)(F)F)C2=C(CCC(N)=C2)c2ccc(N)cc21. The molecule has 0 spiro atoms. The summed E-state index contributed by atoms with van der Waals surface area (Å²) in [7, 11) is 0. The molecule has 20 heavy (non-hydrogen) atoms. The summed E-state index contributed by atoms with van der Waals surface area (Å²) < 4.78 is 41.1. The third-order valence-electron chi connectivity index (χ3n) is 4.33. The zero-order chi connectivity index (χ0) is 14.7. The Bertz CT molecular complexity index is 656. The number of nitrogens with two attached hydrogens (primary N) is 2. The fourth-order valence-electron chi connectivity index (χ4n) is 3.16. The van der Waals surface area contributed by atoms with Crippen LogP contribution in [-0.2, 0) is 5.41 Å². The van der Waals surface area contributed by atoms with Crippen molar-refractivity contribution in [3.8, 4) is 0 Å². The van der Waals surface area contributed by atoms with Crippen LogP contribution in [0, 0.1) is 0 Å². The molecule has 2 aliphatic rings. The maximum absolute atomic E-state index is 13.7. The Labute approximate surface area is 115 Å². The average Bonchev–Trinajstić information content (AvgIpc) is 2.60. The second-order valence-electron chi connectivity index (χ2n) is 5.54. The Hall–Kier alpha value is -1.91. The van der Waals surface area contributed by atoms with E-state index in [4.69, 9.17) is 11.5 Å². The number of rotatable bonds is 0. The van der Waals surface area contributed by atoms with Crippen molar-refractivity contribution >= 4 is 11.3 Å². The van der Waals surface area contributed by atoms with Crippen molar-refractivity contribution in [2.24, 2.45) is 5.73 Å². The maximum atomic E-state index is 13.7. The van der Waals surface area contributed by atoms with Gasteiger partial charge in [-0.25, -0.2) is 0 Å². The van der Waals surface area contributed by atoms with Gasteiger partial charge in [0.15, 0.2) is 0 Å². The van der Waals surface area contributed by atoms with Crippen molar-refractivity contribution < 1.29 is 13.2 Å². The first-order valence-corrected chi connectivity index (χ1v) is 6.42. The maximum Gasteiger partial charge on any atom is 0.402 e. The van der Waals surface area contributed by atoms with Crippen molar-refractivity contribution in [3.05, 3.63) is 46.7 Å². The van der Waals surface area contributed by atoms with Gasteiger partial charge >= 0.3 is 6.18 Å². The molecule has 2 nitrogen and oxygen atoms in total. The molecule has 3 rings (SSSR count). The molecule has 2 aliphatic carbocycles. The number of benzene rings is 1. The predicted octanol–water partition coefficient (Wildman–Crippen LogP) is 3.49. The lowest BCUT2D eigenvalue weighted by atomic mass is 9.77. The van der Waals surface area contributed by atoms with Crippen LogP contribution in [-0.4, -0.2) is 6.18 Å². The van der Waals surface area contributed by atoms with E-state index in [1.54, 1.807) is 12.1 Å². The van der Waals surface area contributed by atoms with E-state index in [9.17, 15) is 13.2 Å².